The molecule has 0 atom stereocenters. The molecule has 0 radical (unpaired) electrons. The van der Waals surface area contributed by atoms with Gasteiger partial charge in [0.1, 0.15) is 5.65 Å². The standard InChI is InChI=1S/C19H26N4O3S/c1-4-13-11-20-17-15(18(25)22(3)19(26)21(17)2)16(13)27-12-14(24)23-9-7-5-6-8-10-23/h11H,4-10,12H2,1-3H3. The molecule has 1 aliphatic rings. The number of carbonyl (C=O) groups excluding carboxylic acids is 1. The second-order valence-electron chi connectivity index (χ2n) is 6.95. The summed E-state index contributed by atoms with van der Waals surface area (Å²) in [6.07, 6.45) is 6.87. The summed E-state index contributed by atoms with van der Waals surface area (Å²) in [5, 5.41) is 0.424. The van der Waals surface area contributed by atoms with Crippen LogP contribution in [0.4, 0.5) is 0 Å². The molecule has 0 aliphatic carbocycles. The molecule has 0 saturated carbocycles. The third kappa shape index (κ3) is 3.81. The Balaban J connectivity index is 1.98. The van der Waals surface area contributed by atoms with Gasteiger partial charge in [0.15, 0.2) is 0 Å². The summed E-state index contributed by atoms with van der Waals surface area (Å²) in [5.41, 5.74) is 0.526. The SMILES string of the molecule is CCc1cnc2c(c1SCC(=O)N1CCCCCC1)c(=O)n(C)c(=O)n2C. The van der Waals surface area contributed by atoms with E-state index >= 15 is 0 Å². The van der Waals surface area contributed by atoms with Crippen LogP contribution in [0, 0.1) is 0 Å². The van der Waals surface area contributed by atoms with Crippen molar-refractivity contribution in [2.24, 2.45) is 14.1 Å². The number of aryl methyl sites for hydroxylation is 2. The van der Waals surface area contributed by atoms with Crippen LogP contribution in [0.5, 0.6) is 0 Å². The molecule has 7 nitrogen and oxygen atoms in total. The molecule has 146 valence electrons. The number of carbonyl (C=O) groups is 1. The zero-order valence-corrected chi connectivity index (χ0v) is 17.0. The van der Waals surface area contributed by atoms with Gasteiger partial charge in [0.25, 0.3) is 5.56 Å². The lowest BCUT2D eigenvalue weighted by Crippen LogP contribution is -2.37. The number of thioether (sulfide) groups is 1. The molecule has 0 aromatic carbocycles. The maximum atomic E-state index is 12.8. The Kier molecular flexibility index (Phi) is 6.04. The lowest BCUT2D eigenvalue weighted by Gasteiger charge is -2.20. The van der Waals surface area contributed by atoms with Crippen molar-refractivity contribution < 1.29 is 4.79 Å². The van der Waals surface area contributed by atoms with Crippen LogP contribution in [0.3, 0.4) is 0 Å². The van der Waals surface area contributed by atoms with Crippen LogP contribution < -0.4 is 11.2 Å². The molecule has 1 fully saturated rings. The van der Waals surface area contributed by atoms with E-state index in [-0.39, 0.29) is 17.2 Å². The molecule has 3 heterocycles. The smallest absolute Gasteiger partial charge is 0.332 e. The van der Waals surface area contributed by atoms with E-state index in [1.807, 2.05) is 11.8 Å². The quantitative estimate of drug-likeness (QED) is 0.743. The van der Waals surface area contributed by atoms with Gasteiger partial charge in [-0.05, 0) is 24.8 Å². The number of hydrogen-bond acceptors (Lipinski definition) is 5. The Bertz CT molecular complexity index is 972. The number of hydrogen-bond donors (Lipinski definition) is 0. The number of amides is 1. The fraction of sp³-hybridized carbons (Fsp3) is 0.579. The van der Waals surface area contributed by atoms with Crippen molar-refractivity contribution in [1.29, 1.82) is 0 Å². The topological polar surface area (TPSA) is 77.2 Å². The van der Waals surface area contributed by atoms with Gasteiger partial charge in [0, 0.05) is 38.3 Å². The maximum Gasteiger partial charge on any atom is 0.332 e. The van der Waals surface area contributed by atoms with Gasteiger partial charge in [-0.15, -0.1) is 11.8 Å². The predicted octanol–water partition coefficient (Wildman–Crippen LogP) is 1.69. The molecule has 0 N–H and O–H groups in total. The highest BCUT2D eigenvalue weighted by Crippen LogP contribution is 2.29. The lowest BCUT2D eigenvalue weighted by molar-refractivity contribution is -0.128. The number of likely N-dealkylation sites (tertiary alicyclic amines) is 1. The monoisotopic (exact) mass is 390 g/mol. The van der Waals surface area contributed by atoms with Crippen LogP contribution in [0.15, 0.2) is 20.7 Å². The van der Waals surface area contributed by atoms with Crippen LogP contribution in [-0.4, -0.2) is 43.8 Å². The van der Waals surface area contributed by atoms with Crippen molar-refractivity contribution in [3.63, 3.8) is 0 Å². The first-order valence-electron chi connectivity index (χ1n) is 9.43. The van der Waals surface area contributed by atoms with E-state index in [9.17, 15) is 14.4 Å². The number of pyridine rings is 1. The predicted molar refractivity (Wildman–Crippen MR) is 107 cm³/mol. The second-order valence-corrected chi connectivity index (χ2v) is 7.94. The molecule has 2 aromatic rings. The first-order chi connectivity index (χ1) is 13.0. The van der Waals surface area contributed by atoms with E-state index in [0.717, 1.165) is 41.0 Å². The highest BCUT2D eigenvalue weighted by Gasteiger charge is 2.20. The van der Waals surface area contributed by atoms with Crippen LogP contribution >= 0.6 is 11.8 Å². The van der Waals surface area contributed by atoms with Gasteiger partial charge >= 0.3 is 5.69 Å². The number of fused-ring (bicyclic) bond motifs is 1. The number of nitrogens with zero attached hydrogens (tertiary/aromatic N) is 4. The Hall–Kier alpha value is -2.09. The van der Waals surface area contributed by atoms with Crippen LogP contribution in [-0.2, 0) is 25.3 Å². The van der Waals surface area contributed by atoms with Gasteiger partial charge in [0.2, 0.25) is 5.91 Å². The van der Waals surface area contributed by atoms with Crippen LogP contribution in [0.1, 0.15) is 38.2 Å². The average molecular weight is 391 g/mol. The Morgan fingerprint density at radius 2 is 1.78 bits per heavy atom. The zero-order valence-electron chi connectivity index (χ0n) is 16.2. The van der Waals surface area contributed by atoms with Gasteiger partial charge in [0.05, 0.1) is 11.1 Å². The van der Waals surface area contributed by atoms with E-state index in [0.29, 0.717) is 17.5 Å². The van der Waals surface area contributed by atoms with Gasteiger partial charge in [-0.3, -0.25) is 18.7 Å². The molecule has 1 saturated heterocycles. The normalized spacial score (nSPS) is 15.1. The first kappa shape index (κ1) is 19.7. The van der Waals surface area contributed by atoms with E-state index in [2.05, 4.69) is 4.98 Å². The van der Waals surface area contributed by atoms with Crippen molar-refractivity contribution in [2.45, 2.75) is 43.9 Å². The summed E-state index contributed by atoms with van der Waals surface area (Å²) in [6.45, 7) is 3.62. The van der Waals surface area contributed by atoms with Gasteiger partial charge in [-0.1, -0.05) is 19.8 Å². The van der Waals surface area contributed by atoms with Crippen LogP contribution in [0.25, 0.3) is 11.0 Å². The molecule has 1 amide bonds. The second kappa shape index (κ2) is 8.29. The summed E-state index contributed by atoms with van der Waals surface area (Å²) in [5.74, 6) is 0.397. The maximum absolute atomic E-state index is 12.8. The van der Waals surface area contributed by atoms with Gasteiger partial charge in [-0.2, -0.15) is 0 Å². The number of rotatable bonds is 4. The molecule has 8 heteroatoms. The minimum atomic E-state index is -0.402. The average Bonchev–Trinajstić information content (AvgIpc) is 2.97. The van der Waals surface area contributed by atoms with Crippen molar-refractivity contribution in [3.05, 3.63) is 32.6 Å². The van der Waals surface area contributed by atoms with Crippen LogP contribution in [0.2, 0.25) is 0 Å². The fourth-order valence-electron chi connectivity index (χ4n) is 3.50. The van der Waals surface area contributed by atoms with E-state index in [1.165, 1.54) is 36.2 Å². The third-order valence-electron chi connectivity index (χ3n) is 5.17. The molecule has 0 unspecified atom stereocenters. The minimum absolute atomic E-state index is 0.107. The first-order valence-corrected chi connectivity index (χ1v) is 10.4. The third-order valence-corrected chi connectivity index (χ3v) is 6.32. The molecule has 0 bridgehead atoms. The molecule has 2 aromatic heterocycles. The van der Waals surface area contributed by atoms with Crippen molar-refractivity contribution in [3.8, 4) is 0 Å². The van der Waals surface area contributed by atoms with Crippen molar-refractivity contribution in [1.82, 2.24) is 19.0 Å². The number of aromatic nitrogens is 3. The molecule has 27 heavy (non-hydrogen) atoms. The molecular weight excluding hydrogens is 364 g/mol. The van der Waals surface area contributed by atoms with Crippen molar-refractivity contribution >= 4 is 28.7 Å². The van der Waals surface area contributed by atoms with Gasteiger partial charge in [-0.25, -0.2) is 9.78 Å². The van der Waals surface area contributed by atoms with Crippen molar-refractivity contribution in [2.75, 3.05) is 18.8 Å². The minimum Gasteiger partial charge on any atom is -0.342 e. The summed E-state index contributed by atoms with van der Waals surface area (Å²) in [4.78, 5) is 44.7. The molecule has 0 spiro atoms. The largest absolute Gasteiger partial charge is 0.342 e. The fourth-order valence-corrected chi connectivity index (χ4v) is 4.66. The van der Waals surface area contributed by atoms with Gasteiger partial charge < -0.3 is 4.90 Å². The van der Waals surface area contributed by atoms with E-state index in [1.54, 1.807) is 13.2 Å². The summed E-state index contributed by atoms with van der Waals surface area (Å²) >= 11 is 1.39. The Morgan fingerprint density at radius 1 is 1.11 bits per heavy atom. The molecular formula is C19H26N4O3S. The van der Waals surface area contributed by atoms with E-state index in [4.69, 9.17) is 0 Å². The highest BCUT2D eigenvalue weighted by atomic mass is 32.2. The summed E-state index contributed by atoms with van der Waals surface area (Å²) in [6, 6.07) is 0. The van der Waals surface area contributed by atoms with E-state index < -0.39 is 5.69 Å². The highest BCUT2D eigenvalue weighted by molar-refractivity contribution is 8.00. The Morgan fingerprint density at radius 3 is 2.41 bits per heavy atom. The molecule has 1 aliphatic heterocycles. The molecule has 3 rings (SSSR count). The Labute approximate surface area is 162 Å². The zero-order chi connectivity index (χ0) is 19.6. The summed E-state index contributed by atoms with van der Waals surface area (Å²) in [7, 11) is 3.08. The lowest BCUT2D eigenvalue weighted by atomic mass is 10.2. The summed E-state index contributed by atoms with van der Waals surface area (Å²) < 4.78 is 2.49.